The van der Waals surface area contributed by atoms with Crippen LogP contribution in [0.2, 0.25) is 0 Å². The summed E-state index contributed by atoms with van der Waals surface area (Å²) in [5.41, 5.74) is 4.47. The third-order valence-corrected chi connectivity index (χ3v) is 4.87. The highest BCUT2D eigenvalue weighted by atomic mass is 16.6. The summed E-state index contributed by atoms with van der Waals surface area (Å²) in [5.74, 6) is 0.679. The van der Waals surface area contributed by atoms with Gasteiger partial charge in [-0.05, 0) is 35.4 Å². The Morgan fingerprint density at radius 3 is 2.60 bits per heavy atom. The Morgan fingerprint density at radius 2 is 1.89 bits per heavy atom. The molecule has 0 amide bonds. The molecular weight excluding hydrogens is 448 g/mol. The fraction of sp³-hybridized carbons (Fsp3) is 0.0400. The summed E-state index contributed by atoms with van der Waals surface area (Å²) in [7, 11) is 0. The van der Waals surface area contributed by atoms with Gasteiger partial charge >= 0.3 is 0 Å². The van der Waals surface area contributed by atoms with Crippen LogP contribution < -0.4 is 15.7 Å². The average Bonchev–Trinajstić information content (AvgIpc) is 2.88. The predicted octanol–water partition coefficient (Wildman–Crippen LogP) is 4.24. The zero-order chi connectivity index (χ0) is 24.6. The molecule has 4 aromatic rings. The Morgan fingerprint density at radius 1 is 1.11 bits per heavy atom. The van der Waals surface area contributed by atoms with Gasteiger partial charge < -0.3 is 4.74 Å². The van der Waals surface area contributed by atoms with E-state index in [0.29, 0.717) is 11.3 Å². The van der Waals surface area contributed by atoms with Gasteiger partial charge in [0.05, 0.1) is 16.8 Å². The predicted molar refractivity (Wildman–Crippen MR) is 130 cm³/mol. The monoisotopic (exact) mass is 466 g/mol. The zero-order valence-corrected chi connectivity index (χ0v) is 18.2. The molecule has 35 heavy (non-hydrogen) atoms. The summed E-state index contributed by atoms with van der Waals surface area (Å²) in [4.78, 5) is 29.5. The minimum atomic E-state index is -0.569. The number of benzene rings is 3. The maximum absolute atomic E-state index is 12.3. The molecule has 0 aliphatic carbocycles. The molecule has 0 bridgehead atoms. The summed E-state index contributed by atoms with van der Waals surface area (Å²) < 4.78 is 5.76. The number of aromatic nitrogens is 2. The first-order valence-corrected chi connectivity index (χ1v) is 10.4. The van der Waals surface area contributed by atoms with E-state index in [2.05, 4.69) is 20.5 Å². The molecule has 0 saturated heterocycles. The number of H-pyrrole nitrogens is 1. The van der Waals surface area contributed by atoms with Gasteiger partial charge in [-0.1, -0.05) is 42.5 Å². The lowest BCUT2D eigenvalue weighted by Crippen LogP contribution is -2.16. The van der Waals surface area contributed by atoms with Crippen molar-refractivity contribution in [2.75, 3.05) is 5.43 Å². The van der Waals surface area contributed by atoms with Gasteiger partial charge in [-0.3, -0.25) is 19.9 Å². The van der Waals surface area contributed by atoms with Crippen molar-refractivity contribution >= 4 is 17.9 Å². The van der Waals surface area contributed by atoms with Crippen LogP contribution in [-0.4, -0.2) is 21.1 Å². The number of ether oxygens (including phenoxy) is 1. The zero-order valence-electron chi connectivity index (χ0n) is 18.2. The average molecular weight is 466 g/mol. The first-order valence-electron chi connectivity index (χ1n) is 10.4. The molecule has 3 aromatic carbocycles. The van der Waals surface area contributed by atoms with E-state index in [9.17, 15) is 20.2 Å². The third kappa shape index (κ3) is 5.74. The van der Waals surface area contributed by atoms with Gasteiger partial charge in [0.1, 0.15) is 24.0 Å². The van der Waals surface area contributed by atoms with Gasteiger partial charge in [-0.25, -0.2) is 10.4 Å². The summed E-state index contributed by atoms with van der Waals surface area (Å²) >= 11 is 0. The topological polar surface area (TPSA) is 146 Å². The Labute approximate surface area is 199 Å². The molecule has 0 radical (unpaired) electrons. The van der Waals surface area contributed by atoms with Crippen LogP contribution in [0.15, 0.2) is 88.8 Å². The highest BCUT2D eigenvalue weighted by Gasteiger charge is 2.12. The molecule has 1 heterocycles. The van der Waals surface area contributed by atoms with Crippen LogP contribution in [0.4, 0.5) is 11.6 Å². The van der Waals surface area contributed by atoms with Crippen molar-refractivity contribution in [3.63, 3.8) is 0 Å². The summed E-state index contributed by atoms with van der Waals surface area (Å²) in [6, 6.07) is 24.1. The van der Waals surface area contributed by atoms with Crippen molar-refractivity contribution < 1.29 is 9.66 Å². The highest BCUT2D eigenvalue weighted by molar-refractivity contribution is 5.80. The summed E-state index contributed by atoms with van der Waals surface area (Å²) in [5, 5.41) is 24.2. The smallest absolute Gasteiger partial charge is 0.270 e. The number of nitriles is 1. The molecule has 0 saturated carbocycles. The molecule has 0 aliphatic rings. The van der Waals surface area contributed by atoms with Crippen molar-refractivity contribution in [2.24, 2.45) is 5.10 Å². The molecule has 0 fully saturated rings. The highest BCUT2D eigenvalue weighted by Crippen LogP contribution is 2.20. The quantitative estimate of drug-likeness (QED) is 0.224. The first-order chi connectivity index (χ1) is 17.0. The number of nitro benzene ring substituents is 1. The lowest BCUT2D eigenvalue weighted by atomic mass is 10.1. The van der Waals surface area contributed by atoms with Crippen LogP contribution in [0.1, 0.15) is 16.7 Å². The van der Waals surface area contributed by atoms with Crippen molar-refractivity contribution in [3.05, 3.63) is 116 Å². The number of nitrogens with zero attached hydrogens (tertiary/aromatic N) is 4. The number of anilines is 1. The number of rotatable bonds is 8. The molecule has 0 atom stereocenters. The molecule has 10 heteroatoms. The van der Waals surface area contributed by atoms with E-state index in [0.717, 1.165) is 11.1 Å². The van der Waals surface area contributed by atoms with Crippen LogP contribution in [0.3, 0.4) is 0 Å². The Bertz CT molecular complexity index is 1470. The van der Waals surface area contributed by atoms with E-state index >= 15 is 0 Å². The Hall–Kier alpha value is -5.30. The maximum Gasteiger partial charge on any atom is 0.270 e. The van der Waals surface area contributed by atoms with Crippen LogP contribution in [0.25, 0.3) is 11.3 Å². The van der Waals surface area contributed by atoms with E-state index in [-0.39, 0.29) is 29.5 Å². The van der Waals surface area contributed by atoms with E-state index in [4.69, 9.17) is 4.74 Å². The minimum Gasteiger partial charge on any atom is -0.489 e. The maximum atomic E-state index is 12.3. The van der Waals surface area contributed by atoms with Crippen molar-refractivity contribution in [2.45, 2.75) is 6.61 Å². The minimum absolute atomic E-state index is 0.0217. The molecule has 0 unspecified atom stereocenters. The van der Waals surface area contributed by atoms with Gasteiger partial charge in [0.25, 0.3) is 11.2 Å². The van der Waals surface area contributed by atoms with Gasteiger partial charge in [-0.15, -0.1) is 0 Å². The molecular formula is C25H18N6O4. The molecule has 0 spiro atoms. The van der Waals surface area contributed by atoms with E-state index in [1.807, 2.05) is 18.2 Å². The first kappa shape index (κ1) is 22.9. The third-order valence-electron chi connectivity index (χ3n) is 4.87. The lowest BCUT2D eigenvalue weighted by molar-refractivity contribution is -0.384. The molecule has 1 aromatic heterocycles. The fourth-order valence-corrected chi connectivity index (χ4v) is 3.17. The van der Waals surface area contributed by atoms with Crippen molar-refractivity contribution in [1.82, 2.24) is 9.97 Å². The number of hydrogen-bond donors (Lipinski definition) is 2. The largest absolute Gasteiger partial charge is 0.489 e. The number of nitro groups is 1. The molecule has 172 valence electrons. The van der Waals surface area contributed by atoms with Crippen molar-refractivity contribution in [1.29, 1.82) is 5.26 Å². The second-order valence-electron chi connectivity index (χ2n) is 7.27. The molecule has 4 rings (SSSR count). The van der Waals surface area contributed by atoms with Crippen LogP contribution in [0, 0.1) is 21.4 Å². The standard InChI is InChI=1S/C25H18N6O4/c26-14-22-23(19-6-2-1-3-7-19)28-25(29-24(22)32)30-27-15-18-5-4-8-21(13-18)35-16-17-9-11-20(12-10-17)31(33)34/h1-13,15H,16H2,(H2,28,29,30,32). The van der Waals surface area contributed by atoms with Gasteiger partial charge in [-0.2, -0.15) is 10.4 Å². The Kier molecular flexibility index (Phi) is 6.89. The van der Waals surface area contributed by atoms with Gasteiger partial charge in [0, 0.05) is 17.7 Å². The molecule has 2 N–H and O–H groups in total. The number of non-ortho nitro benzene ring substituents is 1. The molecule has 10 nitrogen and oxygen atoms in total. The number of aromatic amines is 1. The lowest BCUT2D eigenvalue weighted by Gasteiger charge is -2.07. The fourth-order valence-electron chi connectivity index (χ4n) is 3.17. The van der Waals surface area contributed by atoms with E-state index < -0.39 is 10.5 Å². The van der Waals surface area contributed by atoms with Crippen LogP contribution >= 0.6 is 0 Å². The van der Waals surface area contributed by atoms with Crippen molar-refractivity contribution in [3.8, 4) is 23.1 Å². The van der Waals surface area contributed by atoms with Gasteiger partial charge in [0.2, 0.25) is 5.95 Å². The summed E-state index contributed by atoms with van der Waals surface area (Å²) in [6.45, 7) is 0.246. The van der Waals surface area contributed by atoms with Gasteiger partial charge in [0.15, 0.2) is 0 Å². The van der Waals surface area contributed by atoms with E-state index in [1.54, 1.807) is 54.6 Å². The second-order valence-corrected chi connectivity index (χ2v) is 7.27. The van der Waals surface area contributed by atoms with Crippen LogP contribution in [0.5, 0.6) is 5.75 Å². The van der Waals surface area contributed by atoms with Crippen LogP contribution in [-0.2, 0) is 6.61 Å². The number of hydrazone groups is 1. The van der Waals surface area contributed by atoms with E-state index in [1.165, 1.54) is 18.3 Å². The normalized spacial score (nSPS) is 10.6. The number of hydrogen-bond acceptors (Lipinski definition) is 8. The summed E-state index contributed by atoms with van der Waals surface area (Å²) in [6.07, 6.45) is 1.53. The Balaban J connectivity index is 1.44. The number of nitrogens with one attached hydrogen (secondary N) is 2. The molecule has 0 aliphatic heterocycles. The second kappa shape index (κ2) is 10.5. The SMILES string of the molecule is N#Cc1c(-c2ccccc2)nc(NN=Cc2cccc(OCc3ccc([N+](=O)[O-])cc3)c2)[nH]c1=O.